The largest absolute Gasteiger partial charge is 0.370 e. The van der Waals surface area contributed by atoms with E-state index in [1.807, 2.05) is 50.3 Å². The van der Waals surface area contributed by atoms with Crippen molar-refractivity contribution in [2.75, 3.05) is 25.9 Å². The molecule has 1 aromatic rings. The molecule has 0 aromatic heterocycles. The van der Waals surface area contributed by atoms with Crippen LogP contribution >= 0.6 is 23.2 Å². The van der Waals surface area contributed by atoms with E-state index in [9.17, 15) is 18.0 Å². The molecule has 1 aliphatic heterocycles. The van der Waals surface area contributed by atoms with E-state index >= 15 is 0 Å². The molecule has 1 atom stereocenters. The first-order valence-electron chi connectivity index (χ1n) is 13.0. The van der Waals surface area contributed by atoms with E-state index in [0.29, 0.717) is 25.9 Å². The van der Waals surface area contributed by atoms with Gasteiger partial charge in [0.1, 0.15) is 6.29 Å². The molecule has 1 fully saturated rings. The molecule has 0 saturated carbocycles. The number of hydrogen-bond donors (Lipinski definition) is 2. The molecule has 39 heavy (non-hydrogen) atoms. The van der Waals surface area contributed by atoms with Crippen LogP contribution in [0.3, 0.4) is 0 Å². The van der Waals surface area contributed by atoms with Crippen molar-refractivity contribution in [3.8, 4) is 0 Å². The van der Waals surface area contributed by atoms with E-state index < -0.39 is 10.0 Å². The van der Waals surface area contributed by atoms with Crippen molar-refractivity contribution in [3.05, 3.63) is 75.3 Å². The van der Waals surface area contributed by atoms with Crippen LogP contribution in [0.25, 0.3) is 5.57 Å². The van der Waals surface area contributed by atoms with Crippen LogP contribution < -0.4 is 11.5 Å². The quantitative estimate of drug-likeness (QED) is 0.295. The van der Waals surface area contributed by atoms with E-state index in [1.165, 1.54) is 11.4 Å². The molecular weight excluding hydrogens is 557 g/mol. The highest BCUT2D eigenvalue weighted by Gasteiger charge is 2.27. The lowest BCUT2D eigenvalue weighted by Crippen LogP contribution is -2.41. The van der Waals surface area contributed by atoms with Crippen LogP contribution in [0.1, 0.15) is 57.1 Å². The summed E-state index contributed by atoms with van der Waals surface area (Å²) in [5.41, 5.74) is 13.8. The van der Waals surface area contributed by atoms with Crippen molar-refractivity contribution >= 4 is 51.0 Å². The third kappa shape index (κ3) is 12.7. The summed E-state index contributed by atoms with van der Waals surface area (Å²) in [5.74, 6) is -0.421. The number of halogens is 2. The Bertz CT molecular complexity index is 1170. The number of aryl methyl sites for hydroxylation is 1. The smallest absolute Gasteiger partial charge is 0.217 e. The van der Waals surface area contributed by atoms with E-state index in [-0.39, 0.29) is 17.6 Å². The van der Waals surface area contributed by atoms with Gasteiger partial charge in [-0.05, 0) is 75.8 Å². The summed E-state index contributed by atoms with van der Waals surface area (Å²) in [6.07, 6.45) is 12.4. The topological polar surface area (TPSA) is 124 Å². The number of piperidine rings is 1. The molecule has 1 saturated heterocycles. The fourth-order valence-electron chi connectivity index (χ4n) is 3.92. The zero-order valence-electron chi connectivity index (χ0n) is 23.0. The molecule has 1 aliphatic carbocycles. The first kappa shape index (κ1) is 34.8. The van der Waals surface area contributed by atoms with Gasteiger partial charge in [-0.3, -0.25) is 4.79 Å². The highest BCUT2D eigenvalue weighted by Crippen LogP contribution is 2.34. The zero-order chi connectivity index (χ0) is 29.4. The van der Waals surface area contributed by atoms with Crippen LogP contribution in [-0.4, -0.2) is 50.8 Å². The molecule has 4 N–H and O–H groups in total. The maximum absolute atomic E-state index is 12.1. The number of sulfonamides is 1. The van der Waals surface area contributed by atoms with Gasteiger partial charge in [0.05, 0.1) is 5.75 Å². The second-order valence-electron chi connectivity index (χ2n) is 9.18. The van der Waals surface area contributed by atoms with Crippen LogP contribution in [0.4, 0.5) is 0 Å². The standard InChI is InChI=1S/C15H15Cl2NO.C13H21NO3S.CH5N/c16-12-6-7-14(17)13(9-12)11-4-1-10(2-5-11)3-8-15(18)19;1-3-12(2)6-5-9-18(16,17)14-8-4-7-13(10-14)11-15;1-2/h1-2,4-5,9H,3,6-8H2,(H2,18,19);3,5-6,11,13H,4,7-10H2,1-2H3;2H2,1H3/b;6-5-,12-3-;. The molecule has 1 unspecified atom stereocenters. The minimum absolute atomic E-state index is 0.00373. The van der Waals surface area contributed by atoms with Crippen molar-refractivity contribution < 1.29 is 18.0 Å². The summed E-state index contributed by atoms with van der Waals surface area (Å²) < 4.78 is 25.5. The number of rotatable bonds is 9. The average molecular weight is 599 g/mol. The lowest BCUT2D eigenvalue weighted by molar-refractivity contribution is -0.118. The molecular formula is C29H41Cl2N3O4S. The van der Waals surface area contributed by atoms with Gasteiger partial charge < -0.3 is 16.3 Å². The minimum Gasteiger partial charge on any atom is -0.370 e. The number of amides is 1. The van der Waals surface area contributed by atoms with Gasteiger partial charge in [-0.15, -0.1) is 0 Å². The Morgan fingerprint density at radius 2 is 1.82 bits per heavy atom. The molecule has 1 heterocycles. The van der Waals surface area contributed by atoms with E-state index in [0.717, 1.165) is 64.3 Å². The Morgan fingerprint density at radius 3 is 2.41 bits per heavy atom. The van der Waals surface area contributed by atoms with E-state index in [2.05, 4.69) is 5.73 Å². The second-order valence-corrected chi connectivity index (χ2v) is 12.1. The Morgan fingerprint density at radius 1 is 1.15 bits per heavy atom. The monoisotopic (exact) mass is 597 g/mol. The third-order valence-corrected chi connectivity index (χ3v) is 8.67. The van der Waals surface area contributed by atoms with Crippen LogP contribution in [-0.2, 0) is 26.0 Å². The van der Waals surface area contributed by atoms with E-state index in [4.69, 9.17) is 28.9 Å². The lowest BCUT2D eigenvalue weighted by Gasteiger charge is -2.28. The Kier molecular flexibility index (Phi) is 16.2. The van der Waals surface area contributed by atoms with Gasteiger partial charge in [0.25, 0.3) is 0 Å². The van der Waals surface area contributed by atoms with Gasteiger partial charge >= 0.3 is 0 Å². The molecule has 7 nitrogen and oxygen atoms in total. The van der Waals surface area contributed by atoms with Gasteiger partial charge in [0, 0.05) is 35.5 Å². The number of aldehydes is 1. The zero-order valence-corrected chi connectivity index (χ0v) is 25.4. The second kappa shape index (κ2) is 18.2. The predicted octanol–water partition coefficient (Wildman–Crippen LogP) is 5.30. The number of allylic oxidation sites excluding steroid dienone is 7. The Balaban J connectivity index is 0.000000367. The van der Waals surface area contributed by atoms with E-state index in [1.54, 1.807) is 12.2 Å². The van der Waals surface area contributed by atoms with Gasteiger partial charge in [0.15, 0.2) is 0 Å². The van der Waals surface area contributed by atoms with Gasteiger partial charge in [-0.25, -0.2) is 12.7 Å². The van der Waals surface area contributed by atoms with Crippen molar-refractivity contribution in [1.82, 2.24) is 4.31 Å². The summed E-state index contributed by atoms with van der Waals surface area (Å²) in [5, 5.41) is 1.67. The van der Waals surface area contributed by atoms with Crippen LogP contribution in [0.5, 0.6) is 0 Å². The fraction of sp³-hybridized carbons (Fsp3) is 0.448. The van der Waals surface area contributed by atoms with Crippen molar-refractivity contribution in [3.63, 3.8) is 0 Å². The molecule has 2 aliphatic rings. The number of carbonyl (C=O) groups is 2. The first-order valence-corrected chi connectivity index (χ1v) is 15.3. The number of primary amides is 1. The molecule has 1 amide bonds. The molecule has 0 spiro atoms. The molecule has 0 radical (unpaired) electrons. The SMILES string of the molecule is C/C=C(C)\C=C/CS(=O)(=O)N1CCCC(C=O)C1.CN.NC(=O)CCc1ccc(C2=C(Cl)CCC(Cl)=C2)cc1. The van der Waals surface area contributed by atoms with Crippen molar-refractivity contribution in [2.45, 2.75) is 52.4 Å². The summed E-state index contributed by atoms with van der Waals surface area (Å²) in [6.45, 7) is 4.70. The number of hydrogen-bond acceptors (Lipinski definition) is 5. The van der Waals surface area contributed by atoms with Crippen LogP contribution in [0.2, 0.25) is 0 Å². The van der Waals surface area contributed by atoms with Gasteiger partial charge in [-0.1, -0.05) is 71.3 Å². The fourth-order valence-corrected chi connectivity index (χ4v) is 5.76. The molecule has 3 rings (SSSR count). The molecule has 216 valence electrons. The molecule has 0 bridgehead atoms. The third-order valence-electron chi connectivity index (χ3n) is 6.25. The average Bonchev–Trinajstić information content (AvgIpc) is 2.94. The number of benzene rings is 1. The number of nitrogens with zero attached hydrogens (tertiary/aromatic N) is 1. The Labute approximate surface area is 243 Å². The maximum Gasteiger partial charge on any atom is 0.217 e. The van der Waals surface area contributed by atoms with Crippen molar-refractivity contribution in [2.24, 2.45) is 17.4 Å². The highest BCUT2D eigenvalue weighted by molar-refractivity contribution is 7.89. The van der Waals surface area contributed by atoms with Crippen molar-refractivity contribution in [1.29, 1.82) is 0 Å². The predicted molar refractivity (Wildman–Crippen MR) is 163 cm³/mol. The van der Waals surface area contributed by atoms with Gasteiger partial charge in [-0.2, -0.15) is 0 Å². The Hall–Kier alpha value is -2.23. The summed E-state index contributed by atoms with van der Waals surface area (Å²) in [6, 6.07) is 7.98. The first-order chi connectivity index (χ1) is 18.6. The molecule has 1 aromatic carbocycles. The van der Waals surface area contributed by atoms with Gasteiger partial charge in [0.2, 0.25) is 15.9 Å². The number of nitrogens with two attached hydrogens (primary N) is 2. The lowest BCUT2D eigenvalue weighted by atomic mass is 9.97. The summed E-state index contributed by atoms with van der Waals surface area (Å²) in [4.78, 5) is 21.5. The summed E-state index contributed by atoms with van der Waals surface area (Å²) in [7, 11) is -1.77. The summed E-state index contributed by atoms with van der Waals surface area (Å²) >= 11 is 12.3. The normalized spacial score (nSPS) is 18.5. The highest BCUT2D eigenvalue weighted by atomic mass is 35.5. The maximum atomic E-state index is 12.1. The van der Waals surface area contributed by atoms with Crippen LogP contribution in [0, 0.1) is 5.92 Å². The minimum atomic E-state index is -3.27. The number of carbonyl (C=O) groups excluding carboxylic acids is 2. The van der Waals surface area contributed by atoms with Crippen LogP contribution in [0.15, 0.2) is 64.2 Å². The molecule has 10 heteroatoms.